The number of aryl methyl sites for hydroxylation is 1. The molecule has 10 heteroatoms. The Bertz CT molecular complexity index is 1540. The van der Waals surface area contributed by atoms with E-state index in [1.807, 2.05) is 36.6 Å². The number of hydrogen-bond donors (Lipinski definition) is 2. The summed E-state index contributed by atoms with van der Waals surface area (Å²) in [5, 5.41) is 8.29. The Morgan fingerprint density at radius 3 is 2.47 bits per heavy atom. The van der Waals surface area contributed by atoms with E-state index in [0.717, 1.165) is 43.4 Å². The molecule has 1 aromatic carbocycles. The lowest BCUT2D eigenvalue weighted by atomic mass is 10.1. The Balaban J connectivity index is 1.50. The zero-order valence-electron chi connectivity index (χ0n) is 21.9. The average molecular weight is 548 g/mol. The summed E-state index contributed by atoms with van der Waals surface area (Å²) >= 11 is 3.12. The van der Waals surface area contributed by atoms with Crippen molar-refractivity contribution in [1.29, 1.82) is 0 Å². The number of thiophene rings is 2. The summed E-state index contributed by atoms with van der Waals surface area (Å²) in [5.74, 6) is 1.04. The molecule has 0 aliphatic carbocycles. The van der Waals surface area contributed by atoms with Gasteiger partial charge in [0.15, 0.2) is 5.82 Å². The van der Waals surface area contributed by atoms with Gasteiger partial charge < -0.3 is 15.0 Å². The summed E-state index contributed by atoms with van der Waals surface area (Å²) in [6.07, 6.45) is 0. The number of carbonyl (C=O) groups excluding carboxylic acids is 2. The maximum Gasteiger partial charge on any atom is 0.275 e. The summed E-state index contributed by atoms with van der Waals surface area (Å²) in [7, 11) is 2.09. The molecule has 0 radical (unpaired) electrons. The summed E-state index contributed by atoms with van der Waals surface area (Å²) in [4.78, 5) is 39.2. The van der Waals surface area contributed by atoms with Crippen molar-refractivity contribution in [2.45, 2.75) is 33.7 Å². The topological polar surface area (TPSA) is 96.5 Å². The number of aromatic nitrogens is 2. The molecule has 1 aliphatic heterocycles. The van der Waals surface area contributed by atoms with Gasteiger partial charge in [-0.15, -0.1) is 22.7 Å². The molecule has 196 valence electrons. The van der Waals surface area contributed by atoms with Crippen LogP contribution in [0.4, 0.5) is 5.82 Å². The van der Waals surface area contributed by atoms with Gasteiger partial charge in [0.25, 0.3) is 11.8 Å². The van der Waals surface area contributed by atoms with Gasteiger partial charge in [0.05, 0.1) is 10.3 Å². The van der Waals surface area contributed by atoms with E-state index in [-0.39, 0.29) is 5.70 Å². The SMILES string of the molecule is CC1=C(Nc2nc(-c3cccs3)nc3sc(-c4ccc(OCCN(C)C(C)C)cc4)c(C)c23)C(=O)NC1=O. The van der Waals surface area contributed by atoms with Crippen molar-refractivity contribution in [1.82, 2.24) is 20.2 Å². The molecule has 0 spiro atoms. The largest absolute Gasteiger partial charge is 0.492 e. The van der Waals surface area contributed by atoms with Gasteiger partial charge in [-0.25, -0.2) is 9.97 Å². The lowest BCUT2D eigenvalue weighted by molar-refractivity contribution is -0.124. The van der Waals surface area contributed by atoms with Crippen LogP contribution in [0.15, 0.2) is 53.0 Å². The van der Waals surface area contributed by atoms with Crippen molar-refractivity contribution >= 4 is 50.5 Å². The molecule has 8 nitrogen and oxygen atoms in total. The number of anilines is 1. The van der Waals surface area contributed by atoms with Gasteiger partial charge in [0.2, 0.25) is 0 Å². The van der Waals surface area contributed by atoms with Crippen LogP contribution >= 0.6 is 22.7 Å². The number of hydrogen-bond acceptors (Lipinski definition) is 9. The van der Waals surface area contributed by atoms with Crippen molar-refractivity contribution in [3.05, 3.63) is 58.6 Å². The molecule has 4 heterocycles. The average Bonchev–Trinajstić information content (AvgIpc) is 3.60. The van der Waals surface area contributed by atoms with Gasteiger partial charge in [-0.2, -0.15) is 0 Å². The Hall–Kier alpha value is -3.60. The fourth-order valence-electron chi connectivity index (χ4n) is 4.10. The van der Waals surface area contributed by atoms with Gasteiger partial charge in [-0.3, -0.25) is 14.9 Å². The number of carbonyl (C=O) groups is 2. The van der Waals surface area contributed by atoms with E-state index in [4.69, 9.17) is 14.7 Å². The fourth-order valence-corrected chi connectivity index (χ4v) is 5.94. The lowest BCUT2D eigenvalue weighted by Crippen LogP contribution is -2.30. The normalized spacial score (nSPS) is 13.8. The zero-order valence-corrected chi connectivity index (χ0v) is 23.5. The van der Waals surface area contributed by atoms with E-state index in [2.05, 4.69) is 48.6 Å². The maximum atomic E-state index is 12.4. The maximum absolute atomic E-state index is 12.4. The molecule has 1 aliphatic rings. The first-order chi connectivity index (χ1) is 18.2. The van der Waals surface area contributed by atoms with Crippen molar-refractivity contribution in [2.75, 3.05) is 25.5 Å². The number of likely N-dealkylation sites (N-methyl/N-ethyl adjacent to an activating group) is 1. The van der Waals surface area contributed by atoms with Crippen molar-refractivity contribution in [2.24, 2.45) is 0 Å². The summed E-state index contributed by atoms with van der Waals surface area (Å²) < 4.78 is 5.95. The van der Waals surface area contributed by atoms with E-state index >= 15 is 0 Å². The van der Waals surface area contributed by atoms with E-state index in [9.17, 15) is 9.59 Å². The molecular formula is C28H29N5O3S2. The summed E-state index contributed by atoms with van der Waals surface area (Å²) in [6.45, 7) is 9.46. The van der Waals surface area contributed by atoms with E-state index in [0.29, 0.717) is 29.9 Å². The number of amides is 2. The second-order valence-corrected chi connectivity index (χ2v) is 11.4. The van der Waals surface area contributed by atoms with Crippen LogP contribution in [-0.2, 0) is 9.59 Å². The first-order valence-corrected chi connectivity index (χ1v) is 14.0. The predicted octanol–water partition coefficient (Wildman–Crippen LogP) is 5.46. The predicted molar refractivity (Wildman–Crippen MR) is 154 cm³/mol. The smallest absolute Gasteiger partial charge is 0.275 e. The highest BCUT2D eigenvalue weighted by molar-refractivity contribution is 7.22. The molecule has 5 rings (SSSR count). The number of nitrogens with zero attached hydrogens (tertiary/aromatic N) is 3. The molecule has 38 heavy (non-hydrogen) atoms. The summed E-state index contributed by atoms with van der Waals surface area (Å²) in [6, 6.07) is 12.5. The minimum absolute atomic E-state index is 0.212. The van der Waals surface area contributed by atoms with Crippen LogP contribution in [0.5, 0.6) is 5.75 Å². The van der Waals surface area contributed by atoms with Crippen LogP contribution in [0.2, 0.25) is 0 Å². The number of ether oxygens (including phenoxy) is 1. The molecule has 4 aromatic rings. The number of nitrogens with one attached hydrogen (secondary N) is 2. The third kappa shape index (κ3) is 5.07. The number of imide groups is 1. The highest BCUT2D eigenvalue weighted by Gasteiger charge is 2.29. The highest BCUT2D eigenvalue weighted by atomic mass is 32.1. The molecule has 3 aromatic heterocycles. The molecular weight excluding hydrogens is 518 g/mol. The molecule has 0 bridgehead atoms. The molecule has 0 unspecified atom stereocenters. The monoisotopic (exact) mass is 547 g/mol. The van der Waals surface area contributed by atoms with Crippen LogP contribution in [0, 0.1) is 6.92 Å². The molecule has 0 saturated carbocycles. The summed E-state index contributed by atoms with van der Waals surface area (Å²) in [5.41, 5.74) is 2.59. The first-order valence-electron chi connectivity index (χ1n) is 12.3. The molecule has 0 saturated heterocycles. The van der Waals surface area contributed by atoms with Crippen LogP contribution in [-0.4, -0.2) is 52.9 Å². The number of fused-ring (bicyclic) bond motifs is 1. The molecule has 0 fully saturated rings. The minimum Gasteiger partial charge on any atom is -0.492 e. The third-order valence-corrected chi connectivity index (χ3v) is 8.76. The van der Waals surface area contributed by atoms with Crippen molar-refractivity contribution in [3.63, 3.8) is 0 Å². The van der Waals surface area contributed by atoms with Gasteiger partial charge in [0.1, 0.15) is 28.7 Å². The van der Waals surface area contributed by atoms with Gasteiger partial charge >= 0.3 is 0 Å². The Kier molecular flexibility index (Phi) is 7.29. The first kappa shape index (κ1) is 26.0. The quantitative estimate of drug-likeness (QED) is 0.269. The second-order valence-electron chi connectivity index (χ2n) is 9.46. The lowest BCUT2D eigenvalue weighted by Gasteiger charge is -2.20. The number of rotatable bonds is 9. The Labute approximate surface area is 229 Å². The fraction of sp³-hybridized carbons (Fsp3) is 0.286. The zero-order chi connectivity index (χ0) is 27.0. The van der Waals surface area contributed by atoms with Gasteiger partial charge in [-0.05, 0) is 81.6 Å². The number of benzene rings is 1. The third-order valence-electron chi connectivity index (χ3n) is 6.66. The van der Waals surface area contributed by atoms with Gasteiger partial charge in [-0.1, -0.05) is 6.07 Å². The van der Waals surface area contributed by atoms with Crippen LogP contribution in [0.25, 0.3) is 31.4 Å². The Morgan fingerprint density at radius 1 is 1.08 bits per heavy atom. The van der Waals surface area contributed by atoms with E-state index in [1.165, 1.54) is 0 Å². The second kappa shape index (κ2) is 10.6. The Morgan fingerprint density at radius 2 is 1.84 bits per heavy atom. The van der Waals surface area contributed by atoms with E-state index in [1.54, 1.807) is 29.6 Å². The highest BCUT2D eigenvalue weighted by Crippen LogP contribution is 2.42. The molecule has 2 N–H and O–H groups in total. The van der Waals surface area contributed by atoms with Crippen LogP contribution < -0.4 is 15.4 Å². The van der Waals surface area contributed by atoms with Gasteiger partial charge in [0, 0.05) is 23.0 Å². The van der Waals surface area contributed by atoms with Crippen LogP contribution in [0.1, 0.15) is 26.3 Å². The van der Waals surface area contributed by atoms with Crippen molar-refractivity contribution in [3.8, 4) is 26.9 Å². The standard InChI is InChI=1S/C28H29N5O3S2/c1-15(2)33(5)12-13-36-19-10-8-18(9-11-19)23-16(3)21-25(29-22-17(4)26(34)32-27(22)35)30-24(31-28(21)38-23)20-7-6-14-37-20/h6-11,14-15H,12-13H2,1-5H3,(H2,29,30,31,32,34,35). The molecule has 0 atom stereocenters. The molecule has 2 amide bonds. The van der Waals surface area contributed by atoms with Crippen molar-refractivity contribution < 1.29 is 14.3 Å². The van der Waals surface area contributed by atoms with E-state index < -0.39 is 11.8 Å². The minimum atomic E-state index is -0.458. The van der Waals surface area contributed by atoms with Crippen LogP contribution in [0.3, 0.4) is 0 Å².